The Labute approximate surface area is 682 Å². The van der Waals surface area contributed by atoms with Crippen molar-refractivity contribution in [3.8, 4) is 46.5 Å². The van der Waals surface area contributed by atoms with Gasteiger partial charge in [0, 0.05) is 84.2 Å². The first kappa shape index (κ1) is 90.4. The number of imidazole rings is 2. The van der Waals surface area contributed by atoms with Crippen molar-refractivity contribution in [2.24, 2.45) is 26.1 Å². The fourth-order valence-electron chi connectivity index (χ4n) is 11.2. The maximum absolute atomic E-state index is 13.4. The number of alkyl halides is 10. The molecule has 0 spiro atoms. The number of nitrogens with zero attached hydrogens (tertiary/aromatic N) is 14. The molecule has 0 amide bonds. The van der Waals surface area contributed by atoms with Crippen LogP contribution in [-0.4, -0.2) is 138 Å². The van der Waals surface area contributed by atoms with E-state index >= 15 is 0 Å². The number of rotatable bonds is 31. The van der Waals surface area contributed by atoms with Gasteiger partial charge >= 0.3 is 36.2 Å². The number of pyridine rings is 3. The third-order valence-corrected chi connectivity index (χ3v) is 17.6. The van der Waals surface area contributed by atoms with Crippen molar-refractivity contribution in [1.29, 1.82) is 0 Å². The molecule has 9 heterocycles. The number of fused-ring (bicyclic) bond motifs is 3. The van der Waals surface area contributed by atoms with Gasteiger partial charge in [0.05, 0.1) is 63.1 Å². The summed E-state index contributed by atoms with van der Waals surface area (Å²) in [6.45, 7) is 4.24. The van der Waals surface area contributed by atoms with Gasteiger partial charge in [0.1, 0.15) is 80.0 Å². The summed E-state index contributed by atoms with van der Waals surface area (Å²) in [6, 6.07) is 25.5. The van der Waals surface area contributed by atoms with Crippen LogP contribution < -0.4 is 71.6 Å². The normalized spacial score (nSPS) is 11.8. The number of hydrogen-bond donors (Lipinski definition) is 1. The van der Waals surface area contributed by atoms with Crippen molar-refractivity contribution >= 4 is 80.4 Å². The molecule has 118 heavy (non-hydrogen) atoms. The van der Waals surface area contributed by atoms with Crippen LogP contribution in [0.4, 0.5) is 45.3 Å². The van der Waals surface area contributed by atoms with E-state index in [0.29, 0.717) is 57.3 Å². The van der Waals surface area contributed by atoms with Crippen molar-refractivity contribution in [3.63, 3.8) is 0 Å². The summed E-state index contributed by atoms with van der Waals surface area (Å²) in [5, 5.41) is 10.7. The predicted molar refractivity (Wildman–Crippen MR) is 415 cm³/mol. The summed E-state index contributed by atoms with van der Waals surface area (Å²) in [7, 11) is 4.53. The van der Waals surface area contributed by atoms with Crippen LogP contribution in [-0.2, 0) is 70.9 Å². The summed E-state index contributed by atoms with van der Waals surface area (Å²) < 4.78 is 167. The Morgan fingerprint density at radius 1 is 0.432 bits per heavy atom. The molecular weight excluding hydrogens is 1670 g/mol. The van der Waals surface area contributed by atoms with E-state index in [1.165, 1.54) is 101 Å². The smallest absolute Gasteiger partial charge is 0.490 e. The molecule has 632 valence electrons. The minimum absolute atomic E-state index is 0.00344. The average Bonchev–Trinajstić information content (AvgIpc) is 1.57. The zero-order chi connectivity index (χ0) is 85.6. The number of aliphatic imine (C=N–C) groups is 1. The van der Waals surface area contributed by atoms with Crippen LogP contribution in [0.3, 0.4) is 0 Å². The van der Waals surface area contributed by atoms with Gasteiger partial charge in [0.25, 0.3) is 28.7 Å². The summed E-state index contributed by atoms with van der Waals surface area (Å²) in [6.07, 6.45) is -6.60. The first-order chi connectivity index (χ1) is 56.2. The number of aromatic nitrogens is 13. The lowest BCUT2D eigenvalue weighted by atomic mass is 10.2. The lowest BCUT2D eigenvalue weighted by Gasteiger charge is -2.12. The maximum atomic E-state index is 13.4. The molecule has 30 nitrogen and oxygen atoms in total. The van der Waals surface area contributed by atoms with Crippen molar-refractivity contribution in [2.75, 3.05) is 46.2 Å². The number of aliphatic hydroxyl groups is 1. The summed E-state index contributed by atoms with van der Waals surface area (Å²) in [5.74, 6) is 0.189. The Kier molecular flexibility index (Phi) is 31.8. The molecule has 3 aromatic carbocycles. The van der Waals surface area contributed by atoms with E-state index in [4.69, 9.17) is 74.8 Å². The number of halogens is 13. The van der Waals surface area contributed by atoms with Crippen molar-refractivity contribution in [1.82, 2.24) is 61.5 Å². The zero-order valence-corrected chi connectivity index (χ0v) is 66.3. The van der Waals surface area contributed by atoms with E-state index in [9.17, 15) is 73.4 Å². The zero-order valence-electron chi connectivity index (χ0n) is 63.3. The van der Waals surface area contributed by atoms with Crippen LogP contribution >= 0.6 is 46.4 Å². The van der Waals surface area contributed by atoms with Gasteiger partial charge in [-0.05, 0) is 92.1 Å². The molecule has 0 bridgehead atoms. The molecule has 0 fully saturated rings. The highest BCUT2D eigenvalue weighted by atomic mass is 35.5. The minimum Gasteiger partial charge on any atom is -0.490 e. The SMILES string of the molecule is CCCCn1c(=O)c2c(n(C)c1=O)N=C(OCCOc1cccc(OC(F)(F)F)c1)C2.CCCCn1c(=O)c2c(nc(OCCOc3cccc(OC(F)(F)F)c3)n2Cc2ccc(Cl)cn2)n(C)c1=O.ClCc1ccc(Cl)cn1.Cn1c(=O)n(CCCO)c(=O)c2c1nc(OCCOc1cccc(OC(F)(F)F)c1)n2Cc1ccc(Cl)cn1. The standard InChI is InChI=1S/C25H25ClF3N5O5.C24H23ClF3N5O6.C20H22F3N3O5.C6H5Cl2N/c1-3-4-10-33-22(35)20-21(32(2)24(33)36)31-23(34(20)15-17-9-8-16(26)14-30-17)38-12-11-37-18-6-5-7-19(13-18)39-25(27,28)29;1-31-20-19(21(35)32(23(31)36)8-3-9-34)33(14-16-7-6-15(25)13-29-16)22(30-20)38-11-10-37-17-4-2-5-18(12-17)39-24(26,27)28;1-3-4-8-26-18(27)15-12-16(24-17(15)25(2)19(26)28)30-10-9-29-13-6-5-7-14(11-13)31-20(21,22)23;7-3-6-2-1-5(8)4-9-6/h5-9,13-14H,3-4,10-12,15H2,1-2H3;2,4-7,12-13,34H,3,8-11,14H2,1H3;5-7,11H,3-4,8-10,12H2,1-2H3;1-2,4H,3H2. The highest BCUT2D eigenvalue weighted by Gasteiger charge is 2.34. The van der Waals surface area contributed by atoms with Crippen LogP contribution in [0, 0.1) is 0 Å². The Balaban J connectivity index is 0.000000192. The second-order valence-electron chi connectivity index (χ2n) is 25.2. The van der Waals surface area contributed by atoms with E-state index in [2.05, 4.69) is 44.1 Å². The third-order valence-electron chi connectivity index (χ3n) is 16.6. The van der Waals surface area contributed by atoms with Crippen LogP contribution in [0.5, 0.6) is 46.5 Å². The number of unbranched alkanes of at least 4 members (excludes halogenated alkanes) is 2. The highest BCUT2D eigenvalue weighted by Crippen LogP contribution is 2.31. The van der Waals surface area contributed by atoms with Crippen LogP contribution in [0.1, 0.15) is 68.6 Å². The molecule has 0 saturated carbocycles. The first-order valence-electron chi connectivity index (χ1n) is 35.8. The van der Waals surface area contributed by atoms with E-state index in [1.54, 1.807) is 49.6 Å². The number of aliphatic hydroxyl groups excluding tert-OH is 1. The van der Waals surface area contributed by atoms with E-state index < -0.39 is 58.8 Å². The quantitative estimate of drug-likeness (QED) is 0.0240. The van der Waals surface area contributed by atoms with E-state index in [1.807, 2.05) is 13.8 Å². The molecule has 0 aliphatic carbocycles. The molecule has 8 aromatic heterocycles. The predicted octanol–water partition coefficient (Wildman–Crippen LogP) is 12.3. The van der Waals surface area contributed by atoms with Crippen LogP contribution in [0.2, 0.25) is 15.1 Å². The Morgan fingerprint density at radius 3 is 1.14 bits per heavy atom. The summed E-state index contributed by atoms with van der Waals surface area (Å²) >= 11 is 22.9. The molecule has 0 unspecified atom stereocenters. The monoisotopic (exact) mass is 1740 g/mol. The van der Waals surface area contributed by atoms with Gasteiger partial charge in [-0.3, -0.25) is 65.9 Å². The average molecular weight is 1740 g/mol. The van der Waals surface area contributed by atoms with Crippen molar-refractivity contribution in [3.05, 3.63) is 228 Å². The van der Waals surface area contributed by atoms with Gasteiger partial charge in [-0.2, -0.15) is 15.0 Å². The molecule has 0 atom stereocenters. The van der Waals surface area contributed by atoms with Crippen LogP contribution in [0.15, 0.2) is 162 Å². The Hall–Kier alpha value is -11.6. The van der Waals surface area contributed by atoms with Gasteiger partial charge in [0.2, 0.25) is 0 Å². The molecule has 1 aliphatic rings. The molecule has 0 radical (unpaired) electrons. The molecule has 0 saturated heterocycles. The largest absolute Gasteiger partial charge is 0.573 e. The highest BCUT2D eigenvalue weighted by molar-refractivity contribution is 6.31. The summed E-state index contributed by atoms with van der Waals surface area (Å²) in [5.41, 5.74) is -0.218. The van der Waals surface area contributed by atoms with Crippen LogP contribution in [0.25, 0.3) is 22.3 Å². The van der Waals surface area contributed by atoms with Gasteiger partial charge in [0.15, 0.2) is 28.2 Å². The minimum atomic E-state index is -4.84. The molecule has 1 aliphatic heterocycles. The van der Waals surface area contributed by atoms with Crippen molar-refractivity contribution < 1.29 is 87.3 Å². The number of benzene rings is 3. The lowest BCUT2D eigenvalue weighted by Crippen LogP contribution is -2.40. The van der Waals surface area contributed by atoms with Gasteiger partial charge in [-0.15, -0.1) is 51.1 Å². The number of ether oxygens (including phenoxy) is 9. The summed E-state index contributed by atoms with van der Waals surface area (Å²) in [4.78, 5) is 103. The number of hydrogen-bond acceptors (Lipinski definition) is 22. The molecule has 11 aromatic rings. The third kappa shape index (κ3) is 25.2. The van der Waals surface area contributed by atoms with Crippen molar-refractivity contribution in [2.45, 2.75) is 110 Å². The fraction of sp³-hybridized carbons (Fsp3) is 0.360. The number of aryl methyl sites for hydroxylation is 2. The second-order valence-corrected chi connectivity index (χ2v) is 26.7. The van der Waals surface area contributed by atoms with Gasteiger partial charge < -0.3 is 47.7 Å². The maximum Gasteiger partial charge on any atom is 0.573 e. The van der Waals surface area contributed by atoms with E-state index in [0.717, 1.165) is 53.4 Å². The molecular formula is C75H75Cl4F9N14O16. The fourth-order valence-corrected chi connectivity index (χ4v) is 11.7. The van der Waals surface area contributed by atoms with Gasteiger partial charge in [-0.25, -0.2) is 14.4 Å². The Morgan fingerprint density at radius 2 is 0.780 bits per heavy atom. The van der Waals surface area contributed by atoms with Gasteiger partial charge in [-0.1, -0.05) is 79.7 Å². The molecule has 12 rings (SSSR count). The lowest BCUT2D eigenvalue weighted by molar-refractivity contribution is -0.275. The Bertz CT molecular complexity index is 5430. The van der Waals surface area contributed by atoms with E-state index in [-0.39, 0.29) is 160 Å². The second kappa shape index (κ2) is 41.5. The molecule has 43 heteroatoms. The first-order valence-corrected chi connectivity index (χ1v) is 37.5. The molecule has 1 N–H and O–H groups in total. The topological polar surface area (TPSA) is 322 Å².